The number of hydrogen-bond donors (Lipinski definition) is 0. The van der Waals surface area contributed by atoms with Crippen molar-refractivity contribution in [1.29, 1.82) is 0 Å². The predicted molar refractivity (Wildman–Crippen MR) is 201 cm³/mol. The largest absolute Gasteiger partial charge is 0.226 e. The highest BCUT2D eigenvalue weighted by atomic mass is 32.1. The highest BCUT2D eigenvalue weighted by molar-refractivity contribution is 7.26. The van der Waals surface area contributed by atoms with Crippen molar-refractivity contribution < 1.29 is 0 Å². The van der Waals surface area contributed by atoms with Crippen molar-refractivity contribution in [1.82, 2.24) is 9.97 Å². The Morgan fingerprint density at radius 3 is 1.88 bits per heavy atom. The quantitative estimate of drug-likeness (QED) is 0.194. The lowest BCUT2D eigenvalue weighted by molar-refractivity contribution is 0.768. The van der Waals surface area contributed by atoms with Gasteiger partial charge in [-0.1, -0.05) is 158 Å². The Morgan fingerprint density at radius 2 is 1.10 bits per heavy atom. The number of aromatic nitrogens is 2. The highest BCUT2D eigenvalue weighted by Gasteiger charge is 2.45. The molecule has 1 aliphatic carbocycles. The first-order chi connectivity index (χ1) is 23.8. The van der Waals surface area contributed by atoms with Crippen LogP contribution in [-0.2, 0) is 5.41 Å². The van der Waals surface area contributed by atoms with Crippen LogP contribution in [0.1, 0.15) is 22.3 Å². The van der Waals surface area contributed by atoms with E-state index in [9.17, 15) is 0 Å². The van der Waals surface area contributed by atoms with Gasteiger partial charge in [-0.15, -0.1) is 11.3 Å². The maximum atomic E-state index is 5.42. The van der Waals surface area contributed by atoms with Crippen molar-refractivity contribution in [3.63, 3.8) is 0 Å². The summed E-state index contributed by atoms with van der Waals surface area (Å²) in [7, 11) is 0. The van der Waals surface area contributed by atoms with E-state index in [2.05, 4.69) is 170 Å². The summed E-state index contributed by atoms with van der Waals surface area (Å²) in [6, 6.07) is 61.3. The fourth-order valence-corrected chi connectivity index (χ4v) is 9.10. The van der Waals surface area contributed by atoms with Gasteiger partial charge in [0, 0.05) is 21.2 Å². The van der Waals surface area contributed by atoms with Crippen LogP contribution < -0.4 is 0 Å². The molecular formula is C45H28N2S. The molecule has 0 saturated carbocycles. The molecule has 3 heteroatoms. The second-order valence-corrected chi connectivity index (χ2v) is 13.5. The molecule has 224 valence electrons. The molecule has 2 heterocycles. The van der Waals surface area contributed by atoms with Crippen LogP contribution in [-0.4, -0.2) is 9.97 Å². The SMILES string of the molecule is c1ccc(-c2nc(-c3cccc(C4(c5ccccc5)c5ccccc5-c5ccccc54)c3)nc3c2sc2ccc4ccccc4c23)cc1. The average Bonchev–Trinajstić information content (AvgIpc) is 3.70. The minimum atomic E-state index is -0.484. The Balaban J connectivity index is 1.28. The first-order valence-corrected chi connectivity index (χ1v) is 17.2. The van der Waals surface area contributed by atoms with Crippen LogP contribution in [0.5, 0.6) is 0 Å². The number of fused-ring (bicyclic) bond motifs is 8. The molecule has 0 saturated heterocycles. The van der Waals surface area contributed by atoms with Gasteiger partial charge in [0.05, 0.1) is 21.3 Å². The number of hydrogen-bond acceptors (Lipinski definition) is 3. The Kier molecular flexibility index (Phi) is 5.99. The zero-order valence-electron chi connectivity index (χ0n) is 26.0. The summed E-state index contributed by atoms with van der Waals surface area (Å²) < 4.78 is 2.34. The molecule has 0 radical (unpaired) electrons. The van der Waals surface area contributed by atoms with Gasteiger partial charge in [0.1, 0.15) is 0 Å². The number of nitrogens with zero attached hydrogens (tertiary/aromatic N) is 2. The molecule has 48 heavy (non-hydrogen) atoms. The first-order valence-electron chi connectivity index (χ1n) is 16.3. The van der Waals surface area contributed by atoms with E-state index in [0.717, 1.165) is 32.9 Å². The van der Waals surface area contributed by atoms with Crippen LogP contribution in [0, 0.1) is 0 Å². The van der Waals surface area contributed by atoms with E-state index in [1.165, 1.54) is 54.2 Å². The Hall–Kier alpha value is -5.90. The lowest BCUT2D eigenvalue weighted by Gasteiger charge is -2.34. The number of rotatable bonds is 4. The van der Waals surface area contributed by atoms with Gasteiger partial charge in [0.15, 0.2) is 5.82 Å². The summed E-state index contributed by atoms with van der Waals surface area (Å²) >= 11 is 1.78. The van der Waals surface area contributed by atoms with Gasteiger partial charge >= 0.3 is 0 Å². The van der Waals surface area contributed by atoms with E-state index in [0.29, 0.717) is 0 Å². The van der Waals surface area contributed by atoms with Gasteiger partial charge in [0.25, 0.3) is 0 Å². The van der Waals surface area contributed by atoms with E-state index in [1.54, 1.807) is 11.3 Å². The third-order valence-corrected chi connectivity index (χ3v) is 11.1. The van der Waals surface area contributed by atoms with Crippen molar-refractivity contribution >= 4 is 42.4 Å². The van der Waals surface area contributed by atoms with Crippen molar-refractivity contribution in [2.24, 2.45) is 0 Å². The summed E-state index contributed by atoms with van der Waals surface area (Å²) in [4.78, 5) is 10.8. The van der Waals surface area contributed by atoms with Gasteiger partial charge in [-0.25, -0.2) is 9.97 Å². The van der Waals surface area contributed by atoms with Crippen molar-refractivity contribution in [2.45, 2.75) is 5.41 Å². The zero-order chi connectivity index (χ0) is 31.7. The van der Waals surface area contributed by atoms with Crippen LogP contribution in [0.25, 0.3) is 64.8 Å². The third kappa shape index (κ3) is 3.86. The topological polar surface area (TPSA) is 25.8 Å². The molecule has 2 aromatic heterocycles. The molecule has 0 unspecified atom stereocenters. The van der Waals surface area contributed by atoms with Crippen LogP contribution in [0.15, 0.2) is 170 Å². The Bertz CT molecular complexity index is 2630. The molecule has 0 aliphatic heterocycles. The van der Waals surface area contributed by atoms with Crippen molar-refractivity contribution in [2.75, 3.05) is 0 Å². The van der Waals surface area contributed by atoms with Crippen LogP contribution >= 0.6 is 11.3 Å². The molecule has 0 spiro atoms. The number of thiophene rings is 1. The minimum Gasteiger partial charge on any atom is -0.226 e. The molecule has 1 aliphatic rings. The lowest BCUT2D eigenvalue weighted by atomic mass is 9.67. The summed E-state index contributed by atoms with van der Waals surface area (Å²) in [5.41, 5.74) is 11.2. The summed E-state index contributed by atoms with van der Waals surface area (Å²) in [6.07, 6.45) is 0. The second kappa shape index (κ2) is 10.6. The van der Waals surface area contributed by atoms with Gasteiger partial charge in [-0.3, -0.25) is 0 Å². The standard InChI is InChI=1S/C45H28N2S/c1-3-15-30(16-4-1)41-43-42(40-34-21-8-7-14-29(34)26-27-39(40)48-43)47-44(46-41)31-17-13-20-33(28-31)45(32-18-5-2-6-19-32)37-24-11-9-22-35(37)36-23-10-12-25-38(36)45/h1-28H. The molecule has 9 aromatic rings. The monoisotopic (exact) mass is 628 g/mol. The minimum absolute atomic E-state index is 0.484. The predicted octanol–water partition coefficient (Wildman–Crippen LogP) is 11.7. The summed E-state index contributed by atoms with van der Waals surface area (Å²) in [5, 5.41) is 3.64. The molecule has 0 amide bonds. The maximum Gasteiger partial charge on any atom is 0.160 e. The molecule has 0 fully saturated rings. The maximum absolute atomic E-state index is 5.42. The Morgan fingerprint density at radius 1 is 0.479 bits per heavy atom. The summed E-state index contributed by atoms with van der Waals surface area (Å²) in [6.45, 7) is 0. The normalized spacial score (nSPS) is 13.2. The lowest BCUT2D eigenvalue weighted by Crippen LogP contribution is -2.28. The van der Waals surface area contributed by atoms with Gasteiger partial charge in [0.2, 0.25) is 0 Å². The third-order valence-electron chi connectivity index (χ3n) is 9.97. The van der Waals surface area contributed by atoms with Gasteiger partial charge in [-0.2, -0.15) is 0 Å². The zero-order valence-corrected chi connectivity index (χ0v) is 26.8. The van der Waals surface area contributed by atoms with E-state index in [4.69, 9.17) is 9.97 Å². The molecule has 2 nitrogen and oxygen atoms in total. The fraction of sp³-hybridized carbons (Fsp3) is 0.0222. The smallest absolute Gasteiger partial charge is 0.160 e. The molecule has 10 rings (SSSR count). The van der Waals surface area contributed by atoms with Crippen LogP contribution in [0.2, 0.25) is 0 Å². The van der Waals surface area contributed by atoms with E-state index < -0.39 is 5.41 Å². The average molecular weight is 629 g/mol. The molecule has 0 N–H and O–H groups in total. The fourth-order valence-electron chi connectivity index (χ4n) is 7.93. The Labute approximate surface area is 282 Å². The van der Waals surface area contributed by atoms with E-state index in [1.807, 2.05) is 0 Å². The first kappa shape index (κ1) is 27.2. The second-order valence-electron chi connectivity index (χ2n) is 12.5. The highest BCUT2D eigenvalue weighted by Crippen LogP contribution is 2.56. The molecule has 7 aromatic carbocycles. The molecular weight excluding hydrogens is 601 g/mol. The van der Waals surface area contributed by atoms with Crippen molar-refractivity contribution in [3.05, 3.63) is 192 Å². The van der Waals surface area contributed by atoms with Crippen LogP contribution in [0.4, 0.5) is 0 Å². The van der Waals surface area contributed by atoms with E-state index >= 15 is 0 Å². The molecule has 0 bridgehead atoms. The molecule has 0 atom stereocenters. The summed E-state index contributed by atoms with van der Waals surface area (Å²) in [5.74, 6) is 0.735. The van der Waals surface area contributed by atoms with Crippen LogP contribution in [0.3, 0.4) is 0 Å². The number of benzene rings is 7. The van der Waals surface area contributed by atoms with E-state index in [-0.39, 0.29) is 0 Å². The van der Waals surface area contributed by atoms with Gasteiger partial charge < -0.3 is 0 Å². The van der Waals surface area contributed by atoms with Gasteiger partial charge in [-0.05, 0) is 56.3 Å². The van der Waals surface area contributed by atoms with Crippen molar-refractivity contribution in [3.8, 4) is 33.8 Å².